The van der Waals surface area contributed by atoms with Gasteiger partial charge in [-0.1, -0.05) is 15.9 Å². The van der Waals surface area contributed by atoms with Crippen LogP contribution in [-0.4, -0.2) is 43.9 Å². The Bertz CT molecular complexity index is 691. The van der Waals surface area contributed by atoms with Crippen molar-refractivity contribution in [3.8, 4) is 0 Å². The highest BCUT2D eigenvalue weighted by Crippen LogP contribution is 2.31. The monoisotopic (exact) mass is 430 g/mol. The fourth-order valence-corrected chi connectivity index (χ4v) is 3.32. The van der Waals surface area contributed by atoms with Gasteiger partial charge >= 0.3 is 12.1 Å². The Kier molecular flexibility index (Phi) is 6.49. The smallest absolute Gasteiger partial charge is 0.407 e. The number of alkyl carbamates (subject to hydrolysis) is 1. The first-order valence-corrected chi connectivity index (χ1v) is 9.22. The normalized spacial score (nSPS) is 17.6. The van der Waals surface area contributed by atoms with Crippen molar-refractivity contribution >= 4 is 33.7 Å². The van der Waals surface area contributed by atoms with Crippen molar-refractivity contribution in [1.82, 2.24) is 5.32 Å². The third-order valence-corrected chi connectivity index (χ3v) is 4.36. The number of hydrogen-bond donors (Lipinski definition) is 1. The molecule has 0 saturated carbocycles. The van der Waals surface area contributed by atoms with E-state index in [1.54, 1.807) is 26.8 Å². The minimum atomic E-state index is -0.729. The van der Waals surface area contributed by atoms with Gasteiger partial charge in [-0.3, -0.25) is 0 Å². The topological polar surface area (TPSA) is 67.9 Å². The third kappa shape index (κ3) is 5.33. The number of esters is 1. The van der Waals surface area contributed by atoms with Gasteiger partial charge in [0.15, 0.2) is 0 Å². The first-order valence-electron chi connectivity index (χ1n) is 8.42. The molecule has 0 aromatic heterocycles. The van der Waals surface area contributed by atoms with Crippen LogP contribution in [0.2, 0.25) is 0 Å². The quantitative estimate of drug-likeness (QED) is 0.737. The fourth-order valence-electron chi connectivity index (χ4n) is 2.90. The molecule has 1 atom stereocenters. The summed E-state index contributed by atoms with van der Waals surface area (Å²) in [5.41, 5.74) is -0.239. The zero-order chi connectivity index (χ0) is 19.5. The lowest BCUT2D eigenvalue weighted by Crippen LogP contribution is -2.49. The van der Waals surface area contributed by atoms with E-state index in [0.29, 0.717) is 23.2 Å². The second-order valence-electron chi connectivity index (χ2n) is 7.20. The SMILES string of the molecule is COC(=O)c1c(F)cc(Br)cc1N1CCC[C@H](NC(=O)OC(C)(C)C)C1. The molecule has 2 rings (SSSR count). The number of amides is 1. The molecule has 0 aliphatic carbocycles. The fraction of sp³-hybridized carbons (Fsp3) is 0.556. The predicted octanol–water partition coefficient (Wildman–Crippen LogP) is 3.87. The Morgan fingerprint density at radius 3 is 2.65 bits per heavy atom. The zero-order valence-corrected chi connectivity index (χ0v) is 17.0. The molecule has 0 radical (unpaired) electrons. The van der Waals surface area contributed by atoms with Crippen LogP contribution in [0.3, 0.4) is 0 Å². The summed E-state index contributed by atoms with van der Waals surface area (Å²) >= 11 is 3.26. The number of nitrogens with one attached hydrogen (secondary N) is 1. The van der Waals surface area contributed by atoms with E-state index in [9.17, 15) is 14.0 Å². The highest BCUT2D eigenvalue weighted by molar-refractivity contribution is 9.10. The van der Waals surface area contributed by atoms with Crippen LogP contribution in [0.15, 0.2) is 16.6 Å². The summed E-state index contributed by atoms with van der Waals surface area (Å²) in [5, 5.41) is 2.84. The third-order valence-electron chi connectivity index (χ3n) is 3.91. The van der Waals surface area contributed by atoms with Crippen LogP contribution in [0.1, 0.15) is 44.0 Å². The van der Waals surface area contributed by atoms with E-state index in [-0.39, 0.29) is 11.6 Å². The molecule has 1 fully saturated rings. The Morgan fingerprint density at radius 2 is 2.04 bits per heavy atom. The largest absolute Gasteiger partial charge is 0.465 e. The Hall–Kier alpha value is -1.83. The number of hydrogen-bond acceptors (Lipinski definition) is 5. The van der Waals surface area contributed by atoms with E-state index < -0.39 is 23.5 Å². The molecule has 144 valence electrons. The van der Waals surface area contributed by atoms with Gasteiger partial charge in [-0.2, -0.15) is 0 Å². The number of benzene rings is 1. The minimum Gasteiger partial charge on any atom is -0.465 e. The summed E-state index contributed by atoms with van der Waals surface area (Å²) in [6.45, 7) is 6.48. The molecule has 0 bridgehead atoms. The number of nitrogens with zero attached hydrogens (tertiary/aromatic N) is 1. The zero-order valence-electron chi connectivity index (χ0n) is 15.4. The Morgan fingerprint density at radius 1 is 1.35 bits per heavy atom. The van der Waals surface area contributed by atoms with Gasteiger partial charge in [-0.15, -0.1) is 0 Å². The van der Waals surface area contributed by atoms with Crippen LogP contribution >= 0.6 is 15.9 Å². The lowest BCUT2D eigenvalue weighted by Gasteiger charge is -2.36. The maximum atomic E-state index is 14.3. The van der Waals surface area contributed by atoms with Gasteiger partial charge in [0, 0.05) is 23.6 Å². The second-order valence-corrected chi connectivity index (χ2v) is 8.12. The van der Waals surface area contributed by atoms with E-state index in [2.05, 4.69) is 21.2 Å². The van der Waals surface area contributed by atoms with Crippen LogP contribution in [-0.2, 0) is 9.47 Å². The highest BCUT2D eigenvalue weighted by atomic mass is 79.9. The van der Waals surface area contributed by atoms with Gasteiger partial charge in [0.25, 0.3) is 0 Å². The van der Waals surface area contributed by atoms with Gasteiger partial charge in [0.2, 0.25) is 0 Å². The number of methoxy groups -OCH3 is 1. The molecule has 1 saturated heterocycles. The summed E-state index contributed by atoms with van der Waals surface area (Å²) in [6.07, 6.45) is 1.08. The lowest BCUT2D eigenvalue weighted by atomic mass is 10.0. The molecule has 0 spiro atoms. The maximum Gasteiger partial charge on any atom is 0.407 e. The van der Waals surface area contributed by atoms with Crippen molar-refractivity contribution in [3.63, 3.8) is 0 Å². The van der Waals surface area contributed by atoms with E-state index in [1.165, 1.54) is 13.2 Å². The Balaban J connectivity index is 2.19. The van der Waals surface area contributed by atoms with Gasteiger partial charge in [-0.25, -0.2) is 14.0 Å². The van der Waals surface area contributed by atoms with Crippen molar-refractivity contribution < 1.29 is 23.5 Å². The number of anilines is 1. The van der Waals surface area contributed by atoms with Crippen molar-refractivity contribution in [2.75, 3.05) is 25.1 Å². The molecule has 26 heavy (non-hydrogen) atoms. The highest BCUT2D eigenvalue weighted by Gasteiger charge is 2.28. The van der Waals surface area contributed by atoms with Crippen molar-refractivity contribution in [3.05, 3.63) is 28.0 Å². The molecule has 1 aromatic carbocycles. The average Bonchev–Trinajstić information content (AvgIpc) is 2.51. The molecule has 8 heteroatoms. The minimum absolute atomic E-state index is 0.103. The van der Waals surface area contributed by atoms with Gasteiger partial charge in [-0.05, 0) is 45.7 Å². The van der Waals surface area contributed by atoms with Crippen molar-refractivity contribution in [2.45, 2.75) is 45.3 Å². The number of rotatable bonds is 3. The standard InChI is InChI=1S/C18H24BrFN2O4/c1-18(2,3)26-17(24)21-12-6-5-7-22(10-12)14-9-11(19)8-13(20)15(14)16(23)25-4/h8-9,12H,5-7,10H2,1-4H3,(H,21,24)/t12-/m0/s1. The van der Waals surface area contributed by atoms with Gasteiger partial charge in [0.05, 0.1) is 12.8 Å². The average molecular weight is 431 g/mol. The number of carbonyl (C=O) groups excluding carboxylic acids is 2. The molecule has 1 N–H and O–H groups in total. The number of carbonyl (C=O) groups is 2. The maximum absolute atomic E-state index is 14.3. The number of ether oxygens (including phenoxy) is 2. The second kappa shape index (κ2) is 8.24. The number of piperidine rings is 1. The molecular weight excluding hydrogens is 407 g/mol. The summed E-state index contributed by atoms with van der Waals surface area (Å²) in [6, 6.07) is 2.76. The van der Waals surface area contributed by atoms with Crippen LogP contribution in [0.25, 0.3) is 0 Å². The molecule has 1 aliphatic heterocycles. The summed E-state index contributed by atoms with van der Waals surface area (Å²) in [7, 11) is 1.22. The first-order chi connectivity index (χ1) is 12.1. The van der Waals surface area contributed by atoms with Crippen LogP contribution < -0.4 is 10.2 Å². The summed E-state index contributed by atoms with van der Waals surface area (Å²) in [5.74, 6) is -1.38. The first kappa shape index (κ1) is 20.5. The van der Waals surface area contributed by atoms with E-state index in [4.69, 9.17) is 9.47 Å². The predicted molar refractivity (Wildman–Crippen MR) is 100 cm³/mol. The van der Waals surface area contributed by atoms with Crippen LogP contribution in [0.5, 0.6) is 0 Å². The molecule has 6 nitrogen and oxygen atoms in total. The lowest BCUT2D eigenvalue weighted by molar-refractivity contribution is 0.0498. The van der Waals surface area contributed by atoms with Crippen molar-refractivity contribution in [2.24, 2.45) is 0 Å². The summed E-state index contributed by atoms with van der Waals surface area (Å²) < 4.78 is 24.9. The van der Waals surface area contributed by atoms with Gasteiger partial charge < -0.3 is 19.7 Å². The molecule has 1 amide bonds. The molecule has 1 heterocycles. The number of halogens is 2. The summed E-state index contributed by atoms with van der Waals surface area (Å²) in [4.78, 5) is 25.9. The van der Waals surface area contributed by atoms with Gasteiger partial charge in [0.1, 0.15) is 17.0 Å². The van der Waals surface area contributed by atoms with Crippen LogP contribution in [0, 0.1) is 5.82 Å². The molecule has 0 unspecified atom stereocenters. The molecular formula is C18H24BrFN2O4. The van der Waals surface area contributed by atoms with Crippen molar-refractivity contribution in [1.29, 1.82) is 0 Å². The van der Waals surface area contributed by atoms with E-state index in [1.807, 2.05) is 4.90 Å². The van der Waals surface area contributed by atoms with E-state index >= 15 is 0 Å². The Labute approximate surface area is 161 Å². The molecule has 1 aliphatic rings. The van der Waals surface area contributed by atoms with E-state index in [0.717, 1.165) is 12.8 Å². The molecule has 1 aromatic rings. The van der Waals surface area contributed by atoms with Crippen LogP contribution in [0.4, 0.5) is 14.9 Å².